The van der Waals surface area contributed by atoms with E-state index in [-0.39, 0.29) is 19.4 Å². The van der Waals surface area contributed by atoms with Gasteiger partial charge in [-0.15, -0.1) is 0 Å². The Bertz CT molecular complexity index is 1190. The lowest BCUT2D eigenvalue weighted by Gasteiger charge is -2.20. The van der Waals surface area contributed by atoms with Gasteiger partial charge in [0.2, 0.25) is 0 Å². The largest absolute Gasteiger partial charge is 0.480 e. The Morgan fingerprint density at radius 1 is 0.655 bits per heavy atom. The second-order valence-corrected chi connectivity index (χ2v) is 15.6. The Hall–Kier alpha value is -2.60. The van der Waals surface area contributed by atoms with E-state index in [9.17, 15) is 23.8 Å². The number of allylic oxidation sites excluding steroid dienone is 6. The number of phosphoric ester groups is 1. The van der Waals surface area contributed by atoms with Gasteiger partial charge in [-0.3, -0.25) is 23.4 Å². The lowest BCUT2D eigenvalue weighted by molar-refractivity contribution is -0.161. The molecule has 316 valence electrons. The van der Waals surface area contributed by atoms with E-state index in [1.807, 2.05) is 12.2 Å². The Kier molecular flexibility index (Phi) is 30.7. The molecule has 0 radical (unpaired) electrons. The molecule has 13 heteroatoms. The lowest BCUT2D eigenvalue weighted by Crippen LogP contribution is -2.34. The highest BCUT2D eigenvalue weighted by atomic mass is 31.2. The molecule has 1 heterocycles. The average Bonchev–Trinajstić information content (AvgIpc) is 3.92. The van der Waals surface area contributed by atoms with Gasteiger partial charge in [0, 0.05) is 12.8 Å². The maximum atomic E-state index is 12.6. The first-order valence-electron chi connectivity index (χ1n) is 20.8. The molecular weight excluding hydrogens is 725 g/mol. The van der Waals surface area contributed by atoms with Crippen molar-refractivity contribution < 1.29 is 52.2 Å². The third-order valence-electron chi connectivity index (χ3n) is 8.95. The topological polar surface area (TPSA) is 184 Å². The van der Waals surface area contributed by atoms with Crippen molar-refractivity contribution in [1.82, 2.24) is 0 Å². The number of rotatable bonds is 37. The van der Waals surface area contributed by atoms with Crippen LogP contribution >= 0.6 is 7.82 Å². The predicted octanol–water partition coefficient (Wildman–Crippen LogP) is 9.60. The van der Waals surface area contributed by atoms with Crippen molar-refractivity contribution in [3.8, 4) is 0 Å². The minimum atomic E-state index is -4.73. The predicted molar refractivity (Wildman–Crippen MR) is 216 cm³/mol. The van der Waals surface area contributed by atoms with Crippen molar-refractivity contribution in [3.63, 3.8) is 0 Å². The number of phosphoric acid groups is 1. The first-order valence-corrected chi connectivity index (χ1v) is 22.3. The molecule has 0 aromatic heterocycles. The molecule has 0 bridgehead atoms. The third kappa shape index (κ3) is 31.2. The van der Waals surface area contributed by atoms with Gasteiger partial charge in [0.1, 0.15) is 12.6 Å². The van der Waals surface area contributed by atoms with Gasteiger partial charge in [0.05, 0.1) is 25.4 Å². The molecule has 1 saturated heterocycles. The molecule has 1 aliphatic heterocycles. The second kappa shape index (κ2) is 33.5. The van der Waals surface area contributed by atoms with Crippen LogP contribution in [0.4, 0.5) is 0 Å². The average molecular weight is 798 g/mol. The van der Waals surface area contributed by atoms with Gasteiger partial charge in [-0.05, 0) is 77.0 Å². The van der Waals surface area contributed by atoms with Gasteiger partial charge in [0.15, 0.2) is 6.10 Å². The van der Waals surface area contributed by atoms with E-state index in [0.29, 0.717) is 31.5 Å². The summed E-state index contributed by atoms with van der Waals surface area (Å²) in [6.45, 7) is 2.66. The van der Waals surface area contributed by atoms with Crippen molar-refractivity contribution in [3.05, 3.63) is 48.6 Å². The standard InChI is InChI=1S/C42H72NO11P/c1-3-5-7-9-11-12-13-14-15-16-19-24-28-32-41(45)53-36(34-51-55(48,49)52-35-37(43)42(46)47)33-50-40(44)31-27-23-20-17-18-22-26-30-39-38(54-39)29-25-21-10-8-6-4-2/h12-13,17,20-22,25-26,36-39H,3-11,14-16,18-19,23-24,27-35,43H2,1-2H3,(H,46,47)(H,48,49)/b13-12-,20-17-,25-21-,26-22-/t36-,37+,38?,39?/m1/s1. The molecule has 5 atom stereocenters. The quantitative estimate of drug-likeness (QED) is 0.0178. The van der Waals surface area contributed by atoms with E-state index in [4.69, 9.17) is 29.6 Å². The zero-order valence-corrected chi connectivity index (χ0v) is 34.6. The molecule has 0 amide bonds. The summed E-state index contributed by atoms with van der Waals surface area (Å²) in [5.74, 6) is -2.47. The number of nitrogens with two attached hydrogens (primary N) is 1. The summed E-state index contributed by atoms with van der Waals surface area (Å²) in [4.78, 5) is 45.9. The summed E-state index contributed by atoms with van der Waals surface area (Å²) < 4.78 is 38.3. The highest BCUT2D eigenvalue weighted by Crippen LogP contribution is 2.43. The molecule has 1 rings (SSSR count). The molecule has 12 nitrogen and oxygen atoms in total. The van der Waals surface area contributed by atoms with Gasteiger partial charge in [0.25, 0.3) is 0 Å². The second-order valence-electron chi connectivity index (χ2n) is 14.1. The fraction of sp³-hybridized carbons (Fsp3) is 0.738. The first kappa shape index (κ1) is 50.4. The molecule has 55 heavy (non-hydrogen) atoms. The highest BCUT2D eigenvalue weighted by molar-refractivity contribution is 7.47. The van der Waals surface area contributed by atoms with Crippen molar-refractivity contribution in [2.75, 3.05) is 19.8 Å². The highest BCUT2D eigenvalue weighted by Gasteiger charge is 2.36. The number of epoxide rings is 1. The maximum absolute atomic E-state index is 12.6. The Balaban J connectivity index is 2.35. The van der Waals surface area contributed by atoms with Crippen LogP contribution in [0.5, 0.6) is 0 Å². The van der Waals surface area contributed by atoms with Crippen molar-refractivity contribution in [2.45, 2.75) is 179 Å². The van der Waals surface area contributed by atoms with Crippen molar-refractivity contribution in [1.29, 1.82) is 0 Å². The minimum absolute atomic E-state index is 0.135. The van der Waals surface area contributed by atoms with Crippen LogP contribution in [0.2, 0.25) is 0 Å². The summed E-state index contributed by atoms with van der Waals surface area (Å²) in [5.41, 5.74) is 5.32. The molecule has 0 saturated carbocycles. The van der Waals surface area contributed by atoms with Crippen LogP contribution in [0.3, 0.4) is 0 Å². The number of ether oxygens (including phenoxy) is 3. The summed E-state index contributed by atoms with van der Waals surface area (Å²) >= 11 is 0. The Morgan fingerprint density at radius 3 is 1.82 bits per heavy atom. The monoisotopic (exact) mass is 797 g/mol. The number of unbranched alkanes of at least 4 members (excludes halogenated alkanes) is 13. The van der Waals surface area contributed by atoms with E-state index in [0.717, 1.165) is 64.2 Å². The number of carboxylic acid groups (broad SMARTS) is 1. The van der Waals surface area contributed by atoms with Gasteiger partial charge in [-0.1, -0.05) is 114 Å². The van der Waals surface area contributed by atoms with E-state index in [2.05, 4.69) is 54.8 Å². The van der Waals surface area contributed by atoms with E-state index >= 15 is 0 Å². The van der Waals surface area contributed by atoms with E-state index < -0.39 is 51.1 Å². The number of carboxylic acids is 1. The molecule has 0 aromatic rings. The van der Waals surface area contributed by atoms with Crippen LogP contribution in [0.25, 0.3) is 0 Å². The SMILES string of the molecule is CCCCC/C=C\CC1OC1C/C=C\C/C=C\CCCC(=O)OC[C@H](COP(=O)(O)OC[C@H](N)C(=O)O)OC(=O)CCCCCCC/C=C\CCCCCC. The van der Waals surface area contributed by atoms with E-state index in [1.54, 1.807) is 0 Å². The number of carbonyl (C=O) groups is 3. The molecule has 0 aromatic carbocycles. The molecule has 1 fully saturated rings. The summed E-state index contributed by atoms with van der Waals surface area (Å²) in [6, 6.07) is -1.53. The molecule has 0 aliphatic carbocycles. The zero-order chi connectivity index (χ0) is 40.4. The van der Waals surface area contributed by atoms with Crippen LogP contribution in [-0.2, 0) is 42.2 Å². The summed E-state index contributed by atoms with van der Waals surface area (Å²) in [5, 5.41) is 8.88. The molecule has 1 aliphatic rings. The van der Waals surface area contributed by atoms with Crippen LogP contribution in [0.1, 0.15) is 155 Å². The first-order chi connectivity index (χ1) is 26.6. The number of esters is 2. The maximum Gasteiger partial charge on any atom is 0.472 e. The van der Waals surface area contributed by atoms with Crippen LogP contribution in [0.15, 0.2) is 48.6 Å². The van der Waals surface area contributed by atoms with Crippen LogP contribution in [0, 0.1) is 0 Å². The van der Waals surface area contributed by atoms with E-state index in [1.165, 1.54) is 44.9 Å². The van der Waals surface area contributed by atoms with Gasteiger partial charge < -0.3 is 29.9 Å². The molecule has 3 unspecified atom stereocenters. The molecule has 0 spiro atoms. The van der Waals surface area contributed by atoms with Gasteiger partial charge in [-0.2, -0.15) is 0 Å². The summed E-state index contributed by atoms with van der Waals surface area (Å²) in [7, 11) is -4.73. The Morgan fingerprint density at radius 2 is 1.15 bits per heavy atom. The lowest BCUT2D eigenvalue weighted by atomic mass is 10.1. The Labute approximate surface area is 330 Å². The number of hydrogen-bond acceptors (Lipinski definition) is 10. The normalized spacial score (nSPS) is 18.0. The summed E-state index contributed by atoms with van der Waals surface area (Å²) in [6.07, 6.45) is 37.8. The number of aliphatic carboxylic acids is 1. The molecular formula is C42H72NO11P. The fourth-order valence-corrected chi connectivity index (χ4v) is 6.28. The fourth-order valence-electron chi connectivity index (χ4n) is 5.50. The number of hydrogen-bond donors (Lipinski definition) is 3. The smallest absolute Gasteiger partial charge is 0.472 e. The van der Waals surface area contributed by atoms with Crippen molar-refractivity contribution >= 4 is 25.7 Å². The third-order valence-corrected chi connectivity index (χ3v) is 9.90. The van der Waals surface area contributed by atoms with Crippen LogP contribution < -0.4 is 5.73 Å². The van der Waals surface area contributed by atoms with Crippen LogP contribution in [-0.4, -0.2) is 72.1 Å². The zero-order valence-electron chi connectivity index (χ0n) is 33.7. The number of carbonyl (C=O) groups excluding carboxylic acids is 2. The molecule has 4 N–H and O–H groups in total. The minimum Gasteiger partial charge on any atom is -0.480 e. The van der Waals surface area contributed by atoms with Gasteiger partial charge in [-0.25, -0.2) is 4.57 Å². The van der Waals surface area contributed by atoms with Crippen molar-refractivity contribution in [2.24, 2.45) is 5.73 Å². The van der Waals surface area contributed by atoms with Gasteiger partial charge >= 0.3 is 25.7 Å².